The van der Waals surface area contributed by atoms with Crippen LogP contribution in [0.25, 0.3) is 22.3 Å². The van der Waals surface area contributed by atoms with Gasteiger partial charge in [-0.1, -0.05) is 45.9 Å². The molecule has 7 rings (SSSR count). The third-order valence-corrected chi connectivity index (χ3v) is 12.4. The van der Waals surface area contributed by atoms with Crippen molar-refractivity contribution in [2.45, 2.75) is 134 Å². The Morgan fingerprint density at radius 1 is 0.713 bits per heavy atom. The van der Waals surface area contributed by atoms with Crippen LogP contribution in [0.4, 0.5) is 33.7 Å². The van der Waals surface area contributed by atoms with Gasteiger partial charge in [0.25, 0.3) is 11.5 Å². The number of halogens is 5. The Kier molecular flexibility index (Phi) is 23.1. The molecule has 0 saturated carbocycles. The zero-order valence-corrected chi connectivity index (χ0v) is 44.4. The first-order valence-corrected chi connectivity index (χ1v) is 25.7. The van der Waals surface area contributed by atoms with Gasteiger partial charge in [0.1, 0.15) is 44.3 Å². The maximum absolute atomic E-state index is 12.8. The summed E-state index contributed by atoms with van der Waals surface area (Å²) < 4.78 is 110. The van der Waals surface area contributed by atoms with Crippen molar-refractivity contribution < 1.29 is 89.2 Å². The fourth-order valence-corrected chi connectivity index (χ4v) is 8.09. The summed E-state index contributed by atoms with van der Waals surface area (Å²) in [6.45, 7) is 7.73. The average molecular weight is 1140 g/mol. The number of aromatic nitrogens is 8. The molecular formula is C50H65F5N10O15. The lowest BCUT2D eigenvalue weighted by atomic mass is 10.1. The third-order valence-electron chi connectivity index (χ3n) is 12.4. The van der Waals surface area contributed by atoms with Crippen LogP contribution in [0.15, 0.2) is 54.1 Å². The Labute approximate surface area is 454 Å². The lowest BCUT2D eigenvalue weighted by Gasteiger charge is -2.22. The zero-order valence-electron chi connectivity index (χ0n) is 44.4. The van der Waals surface area contributed by atoms with E-state index in [0.717, 1.165) is 0 Å². The number of amides is 2. The zero-order chi connectivity index (χ0) is 58.1. The first-order valence-electron chi connectivity index (χ1n) is 25.7. The van der Waals surface area contributed by atoms with Gasteiger partial charge in [0.2, 0.25) is 23.4 Å². The number of nitrogens with one attached hydrogen (secondary N) is 3. The fourth-order valence-electron chi connectivity index (χ4n) is 8.09. The Morgan fingerprint density at radius 2 is 1.24 bits per heavy atom. The minimum Gasteiger partial charge on any atom is -0.388 e. The van der Waals surface area contributed by atoms with Crippen LogP contribution in [0.3, 0.4) is 0 Å². The van der Waals surface area contributed by atoms with E-state index in [0.29, 0.717) is 36.5 Å². The highest BCUT2D eigenvalue weighted by atomic mass is 19.4. The van der Waals surface area contributed by atoms with Crippen LogP contribution in [0.2, 0.25) is 0 Å². The number of alkyl halides is 5. The molecule has 25 nitrogen and oxygen atoms in total. The predicted octanol–water partition coefficient (Wildman–Crippen LogP) is 4.80. The summed E-state index contributed by atoms with van der Waals surface area (Å²) in [6.07, 6.45) is -7.15. The van der Waals surface area contributed by atoms with E-state index in [1.165, 1.54) is 23.5 Å². The molecule has 2 fully saturated rings. The minimum absolute atomic E-state index is 0.0205. The number of H-pyrrole nitrogens is 1. The number of fused-ring (bicyclic) bond motifs is 2. The number of imidazole rings is 2. The monoisotopic (exact) mass is 1140 g/mol. The van der Waals surface area contributed by atoms with Gasteiger partial charge in [-0.25, -0.2) is 19.9 Å². The average Bonchev–Trinajstić information content (AvgIpc) is 4.26. The number of hydrogen-bond acceptors (Lipinski definition) is 20. The second-order valence-corrected chi connectivity index (χ2v) is 18.7. The van der Waals surface area contributed by atoms with Crippen LogP contribution in [0.5, 0.6) is 0 Å². The number of hydrogen-bond donors (Lipinski definition) is 5. The van der Waals surface area contributed by atoms with Crippen molar-refractivity contribution in [3.05, 3.63) is 65.2 Å². The molecule has 6 heterocycles. The molecule has 2 aliphatic rings. The van der Waals surface area contributed by atoms with Gasteiger partial charge in [-0.15, -0.1) is 0 Å². The van der Waals surface area contributed by atoms with E-state index < -0.39 is 84.7 Å². The molecule has 8 atom stereocenters. The van der Waals surface area contributed by atoms with Gasteiger partial charge in [0.05, 0.1) is 51.3 Å². The highest BCUT2D eigenvalue weighted by molar-refractivity contribution is 6.06. The molecule has 2 amide bonds. The van der Waals surface area contributed by atoms with E-state index in [1.54, 1.807) is 48.7 Å². The molecule has 5 N–H and O–H groups in total. The molecule has 5 aromatic rings. The van der Waals surface area contributed by atoms with E-state index in [4.69, 9.17) is 37.9 Å². The molecule has 2 unspecified atom stereocenters. The van der Waals surface area contributed by atoms with Crippen LogP contribution in [-0.2, 0) is 52.3 Å². The SMILES string of the molecule is CC[C@H]1O[C@@H](n2cnc3c(=O)[nH]c(NC(=O)C(C)C)nc32)C(OCOCCOCCCC(=O)C(C)(F)F)[C@H]1O.CC[C@H]1O[C@@H](n2cnc3c(NC(=O)c4ccccc4)ncnc32)C(OCOCCOCCCC(=O)C(F)(F)F)[C@H]1O. The number of ether oxygens (including phenoxy) is 8. The summed E-state index contributed by atoms with van der Waals surface area (Å²) in [4.78, 5) is 83.1. The molecule has 1 aromatic carbocycles. The predicted molar refractivity (Wildman–Crippen MR) is 270 cm³/mol. The second-order valence-electron chi connectivity index (χ2n) is 18.7. The lowest BCUT2D eigenvalue weighted by molar-refractivity contribution is -0.171. The highest BCUT2D eigenvalue weighted by Gasteiger charge is 2.47. The molecule has 30 heteroatoms. The van der Waals surface area contributed by atoms with Gasteiger partial charge in [-0.2, -0.15) is 26.9 Å². The van der Waals surface area contributed by atoms with Gasteiger partial charge in [-0.3, -0.25) is 43.4 Å². The molecular weight excluding hydrogens is 1080 g/mol. The maximum atomic E-state index is 12.8. The Hall–Kier alpha value is -6.35. The molecule has 2 aliphatic heterocycles. The van der Waals surface area contributed by atoms with Crippen molar-refractivity contribution in [2.75, 3.05) is 63.9 Å². The Morgan fingerprint density at radius 3 is 1.76 bits per heavy atom. The number of aromatic amines is 1. The third kappa shape index (κ3) is 16.9. The van der Waals surface area contributed by atoms with Gasteiger partial charge in [0, 0.05) is 44.5 Å². The number of carbonyl (C=O) groups excluding carboxylic acids is 4. The highest BCUT2D eigenvalue weighted by Crippen LogP contribution is 2.37. The summed E-state index contributed by atoms with van der Waals surface area (Å²) >= 11 is 0. The van der Waals surface area contributed by atoms with Crippen molar-refractivity contribution in [1.29, 1.82) is 0 Å². The number of benzene rings is 1. The van der Waals surface area contributed by atoms with Crippen LogP contribution in [-0.4, -0.2) is 175 Å². The normalized spacial score (nSPS) is 21.3. The molecule has 2 saturated heterocycles. The molecule has 80 heavy (non-hydrogen) atoms. The van der Waals surface area contributed by atoms with Crippen molar-refractivity contribution in [2.24, 2.45) is 5.92 Å². The number of aliphatic hydroxyl groups is 2. The quantitative estimate of drug-likeness (QED) is 0.0244. The van der Waals surface area contributed by atoms with Crippen molar-refractivity contribution in [1.82, 2.24) is 39.0 Å². The van der Waals surface area contributed by atoms with E-state index in [-0.39, 0.29) is 113 Å². The van der Waals surface area contributed by atoms with Gasteiger partial charge >= 0.3 is 12.1 Å². The molecule has 0 bridgehead atoms. The topological polar surface area (TPSA) is 314 Å². The van der Waals surface area contributed by atoms with Crippen LogP contribution < -0.4 is 16.2 Å². The number of ketones is 2. The van der Waals surface area contributed by atoms with Crippen LogP contribution >= 0.6 is 0 Å². The molecule has 4 aromatic heterocycles. The maximum Gasteiger partial charge on any atom is 0.449 e. The number of aliphatic hydroxyl groups excluding tert-OH is 2. The van der Waals surface area contributed by atoms with Crippen molar-refractivity contribution in [3.63, 3.8) is 0 Å². The van der Waals surface area contributed by atoms with Gasteiger partial charge < -0.3 is 53.4 Å². The number of Topliss-reactive ketones (excluding diaryl/α,β-unsaturated/α-hetero) is 2. The molecule has 0 radical (unpaired) electrons. The number of rotatable bonds is 29. The number of carbonyl (C=O) groups is 4. The van der Waals surface area contributed by atoms with E-state index in [9.17, 15) is 56.1 Å². The molecule has 0 spiro atoms. The summed E-state index contributed by atoms with van der Waals surface area (Å²) in [5, 5.41) is 26.9. The second kappa shape index (κ2) is 29.4. The summed E-state index contributed by atoms with van der Waals surface area (Å²) in [5.41, 5.74) is 0.711. The minimum atomic E-state index is -4.83. The number of anilines is 2. The van der Waals surface area contributed by atoms with Crippen LogP contribution in [0, 0.1) is 5.92 Å². The Bertz CT molecular complexity index is 2870. The standard InChI is InChI=1S/C26H30F3N5O7.C24H35F2N5O8/c1-2-17-20(36)21(40-15-39-12-11-38-10-6-9-18(35)26(27,28)29)25(41-17)34-14-32-19-22(30-13-31-23(19)34)33-24(37)16-7-4-3-5-8-16;1-5-14-17(33)18(38-12-37-10-9-36-8-6-7-15(32)24(4,25)26)22(39-14)31-11-27-16-19(31)28-23(30-21(16)35)29-20(34)13(2)3/h3-5,7-8,13-14,17,20-21,25,36H,2,6,9-12,15H2,1H3,(H,30,31,33,37);11,13-14,17-18,22,33H,5-10,12H2,1-4H3,(H2,28,29,30,34,35)/t17-,20+,21?,25-;14-,17+,18?,22-/m11/s1. The summed E-state index contributed by atoms with van der Waals surface area (Å²) in [7, 11) is 0. The first kappa shape index (κ1) is 62.8. The lowest BCUT2D eigenvalue weighted by Crippen LogP contribution is -2.35. The summed E-state index contributed by atoms with van der Waals surface area (Å²) in [6, 6.07) is 8.63. The van der Waals surface area contributed by atoms with E-state index >= 15 is 0 Å². The Balaban J connectivity index is 0.000000258. The van der Waals surface area contributed by atoms with Crippen molar-refractivity contribution >= 4 is 57.5 Å². The first-order chi connectivity index (χ1) is 38.1. The van der Waals surface area contributed by atoms with E-state index in [2.05, 4.69) is 40.5 Å². The van der Waals surface area contributed by atoms with Gasteiger partial charge in [0.15, 0.2) is 40.6 Å². The van der Waals surface area contributed by atoms with Crippen molar-refractivity contribution in [3.8, 4) is 0 Å². The smallest absolute Gasteiger partial charge is 0.388 e. The van der Waals surface area contributed by atoms with Gasteiger partial charge in [-0.05, 0) is 37.8 Å². The number of nitrogens with zero attached hydrogens (tertiary/aromatic N) is 7. The van der Waals surface area contributed by atoms with E-state index in [1.807, 2.05) is 13.8 Å². The van der Waals surface area contributed by atoms with Crippen LogP contribution in [0.1, 0.15) is 96.0 Å². The molecule has 440 valence electrons. The summed E-state index contributed by atoms with van der Waals surface area (Å²) in [5.74, 6) is -7.13. The molecule has 0 aliphatic carbocycles. The fraction of sp³-hybridized carbons (Fsp3) is 0.600. The largest absolute Gasteiger partial charge is 0.449 e.